The van der Waals surface area contributed by atoms with Crippen LogP contribution < -0.4 is 0 Å². The SMILES string of the molecule is CC.CC1=CC(=O)c2ccccc2C1. The first kappa shape index (κ1) is 10.7. The average molecular weight is 188 g/mol. The second-order valence-electron chi connectivity index (χ2n) is 3.19. The van der Waals surface area contributed by atoms with Crippen LogP contribution in [0.2, 0.25) is 0 Å². The molecule has 0 saturated heterocycles. The zero-order valence-corrected chi connectivity index (χ0v) is 9.00. The van der Waals surface area contributed by atoms with Crippen LogP contribution in [0, 0.1) is 0 Å². The highest BCUT2D eigenvalue weighted by Crippen LogP contribution is 2.19. The van der Waals surface area contributed by atoms with Crippen LogP contribution in [-0.2, 0) is 6.42 Å². The first-order valence-corrected chi connectivity index (χ1v) is 5.07. The Bertz CT molecular complexity index is 361. The molecule has 0 unspecified atom stereocenters. The molecule has 1 aliphatic carbocycles. The Kier molecular flexibility index (Phi) is 3.63. The van der Waals surface area contributed by atoms with Gasteiger partial charge in [0.1, 0.15) is 0 Å². The molecule has 0 N–H and O–H groups in total. The van der Waals surface area contributed by atoms with Gasteiger partial charge in [0.2, 0.25) is 0 Å². The monoisotopic (exact) mass is 188 g/mol. The number of allylic oxidation sites excluding steroid dienone is 2. The van der Waals surface area contributed by atoms with E-state index in [1.54, 1.807) is 6.08 Å². The molecule has 1 aliphatic rings. The number of hydrogen-bond donors (Lipinski definition) is 0. The molecule has 74 valence electrons. The summed E-state index contributed by atoms with van der Waals surface area (Å²) in [6.45, 7) is 5.99. The van der Waals surface area contributed by atoms with Gasteiger partial charge in [-0.3, -0.25) is 4.79 Å². The largest absolute Gasteiger partial charge is 0.289 e. The van der Waals surface area contributed by atoms with E-state index < -0.39 is 0 Å². The Morgan fingerprint density at radius 1 is 1.14 bits per heavy atom. The molecule has 0 fully saturated rings. The fourth-order valence-electron chi connectivity index (χ4n) is 1.57. The summed E-state index contributed by atoms with van der Waals surface area (Å²) in [7, 11) is 0. The topological polar surface area (TPSA) is 17.1 Å². The predicted octanol–water partition coefficient (Wildman–Crippen LogP) is 3.40. The highest BCUT2D eigenvalue weighted by Gasteiger charge is 2.13. The summed E-state index contributed by atoms with van der Waals surface area (Å²) in [5.41, 5.74) is 3.17. The maximum absolute atomic E-state index is 11.4. The number of benzene rings is 1. The predicted molar refractivity (Wildman–Crippen MR) is 59.6 cm³/mol. The van der Waals surface area contributed by atoms with E-state index in [0.29, 0.717) is 0 Å². The minimum Gasteiger partial charge on any atom is -0.289 e. The highest BCUT2D eigenvalue weighted by molar-refractivity contribution is 6.07. The van der Waals surface area contributed by atoms with Crippen LogP contribution in [0.4, 0.5) is 0 Å². The van der Waals surface area contributed by atoms with Crippen LogP contribution in [0.25, 0.3) is 0 Å². The number of ketones is 1. The molecule has 0 aliphatic heterocycles. The first-order valence-electron chi connectivity index (χ1n) is 5.07. The van der Waals surface area contributed by atoms with Gasteiger partial charge in [0.05, 0.1) is 0 Å². The zero-order chi connectivity index (χ0) is 10.6. The number of rotatable bonds is 0. The molecule has 1 nitrogen and oxygen atoms in total. The molecule has 1 heteroatoms. The summed E-state index contributed by atoms with van der Waals surface area (Å²) in [5.74, 6) is 0.148. The fraction of sp³-hybridized carbons (Fsp3) is 0.308. The standard InChI is InChI=1S/C11H10O.C2H6/c1-8-6-9-4-2-3-5-10(9)11(12)7-8;1-2/h2-5,7H,6H2,1H3;1-2H3. The minimum atomic E-state index is 0.148. The summed E-state index contributed by atoms with van der Waals surface area (Å²) in [6.07, 6.45) is 2.64. The second kappa shape index (κ2) is 4.75. The van der Waals surface area contributed by atoms with E-state index >= 15 is 0 Å². The molecule has 0 heterocycles. The van der Waals surface area contributed by atoms with Gasteiger partial charge in [0.25, 0.3) is 0 Å². The summed E-state index contributed by atoms with van der Waals surface area (Å²) in [4.78, 5) is 11.4. The fourth-order valence-corrected chi connectivity index (χ4v) is 1.57. The smallest absolute Gasteiger partial charge is 0.186 e. The van der Waals surface area contributed by atoms with Gasteiger partial charge < -0.3 is 0 Å². The van der Waals surface area contributed by atoms with E-state index in [9.17, 15) is 4.79 Å². The Morgan fingerprint density at radius 3 is 2.50 bits per heavy atom. The summed E-state index contributed by atoms with van der Waals surface area (Å²) >= 11 is 0. The van der Waals surface area contributed by atoms with E-state index in [2.05, 4.69) is 0 Å². The lowest BCUT2D eigenvalue weighted by molar-refractivity contribution is 0.104. The Hall–Kier alpha value is -1.37. The van der Waals surface area contributed by atoms with Crippen molar-refractivity contribution < 1.29 is 4.79 Å². The maximum atomic E-state index is 11.4. The molecule has 0 bridgehead atoms. The lowest BCUT2D eigenvalue weighted by Gasteiger charge is -2.12. The molecule has 0 aromatic heterocycles. The number of carbonyl (C=O) groups is 1. The van der Waals surface area contributed by atoms with Crippen molar-refractivity contribution in [3.8, 4) is 0 Å². The van der Waals surface area contributed by atoms with Crippen LogP contribution in [0.15, 0.2) is 35.9 Å². The second-order valence-corrected chi connectivity index (χ2v) is 3.19. The van der Waals surface area contributed by atoms with E-state index in [-0.39, 0.29) is 5.78 Å². The van der Waals surface area contributed by atoms with Crippen LogP contribution in [0.5, 0.6) is 0 Å². The molecule has 0 saturated carbocycles. The first-order chi connectivity index (χ1) is 6.77. The summed E-state index contributed by atoms with van der Waals surface area (Å²) < 4.78 is 0. The molecule has 2 rings (SSSR count). The molecule has 0 spiro atoms. The minimum absolute atomic E-state index is 0.148. The van der Waals surface area contributed by atoms with Crippen molar-refractivity contribution in [3.63, 3.8) is 0 Å². The van der Waals surface area contributed by atoms with Crippen LogP contribution in [0.1, 0.15) is 36.7 Å². The molecule has 0 amide bonds. The van der Waals surface area contributed by atoms with Gasteiger partial charge in [-0.2, -0.15) is 0 Å². The summed E-state index contributed by atoms with van der Waals surface area (Å²) in [6, 6.07) is 7.79. The van der Waals surface area contributed by atoms with Crippen molar-refractivity contribution in [1.29, 1.82) is 0 Å². The molecule has 0 radical (unpaired) electrons. The highest BCUT2D eigenvalue weighted by atomic mass is 16.1. The van der Waals surface area contributed by atoms with Gasteiger partial charge in [-0.15, -0.1) is 0 Å². The van der Waals surface area contributed by atoms with Crippen molar-refractivity contribution in [3.05, 3.63) is 47.0 Å². The van der Waals surface area contributed by atoms with Crippen molar-refractivity contribution in [2.24, 2.45) is 0 Å². The van der Waals surface area contributed by atoms with Gasteiger partial charge in [-0.25, -0.2) is 0 Å². The Morgan fingerprint density at radius 2 is 1.79 bits per heavy atom. The molecular formula is C13H16O. The Labute approximate surface area is 85.5 Å². The lowest BCUT2D eigenvalue weighted by atomic mass is 9.92. The van der Waals surface area contributed by atoms with Gasteiger partial charge in [0.15, 0.2) is 5.78 Å². The third-order valence-electron chi connectivity index (χ3n) is 2.13. The number of fused-ring (bicyclic) bond motifs is 1. The van der Waals surface area contributed by atoms with Crippen LogP contribution >= 0.6 is 0 Å². The molecule has 14 heavy (non-hydrogen) atoms. The van der Waals surface area contributed by atoms with Gasteiger partial charge in [0, 0.05) is 5.56 Å². The zero-order valence-electron chi connectivity index (χ0n) is 9.00. The normalized spacial score (nSPS) is 13.6. The summed E-state index contributed by atoms with van der Waals surface area (Å²) in [5, 5.41) is 0. The van der Waals surface area contributed by atoms with E-state index in [0.717, 1.165) is 23.1 Å². The quantitative estimate of drug-likeness (QED) is 0.610. The van der Waals surface area contributed by atoms with Gasteiger partial charge in [-0.1, -0.05) is 43.7 Å². The van der Waals surface area contributed by atoms with Gasteiger partial charge in [-0.05, 0) is 25.0 Å². The average Bonchev–Trinajstić information content (AvgIpc) is 2.20. The van der Waals surface area contributed by atoms with Crippen molar-refractivity contribution >= 4 is 5.78 Å². The molecule has 1 aromatic carbocycles. The van der Waals surface area contributed by atoms with Crippen LogP contribution in [-0.4, -0.2) is 5.78 Å². The molecular weight excluding hydrogens is 172 g/mol. The van der Waals surface area contributed by atoms with E-state index in [1.807, 2.05) is 45.0 Å². The van der Waals surface area contributed by atoms with Crippen LogP contribution in [0.3, 0.4) is 0 Å². The van der Waals surface area contributed by atoms with Gasteiger partial charge >= 0.3 is 0 Å². The van der Waals surface area contributed by atoms with Crippen molar-refractivity contribution in [2.75, 3.05) is 0 Å². The van der Waals surface area contributed by atoms with E-state index in [4.69, 9.17) is 0 Å². The van der Waals surface area contributed by atoms with Crippen molar-refractivity contribution in [1.82, 2.24) is 0 Å². The third kappa shape index (κ3) is 2.11. The number of hydrogen-bond acceptors (Lipinski definition) is 1. The third-order valence-corrected chi connectivity index (χ3v) is 2.13. The lowest BCUT2D eigenvalue weighted by Crippen LogP contribution is -2.07. The maximum Gasteiger partial charge on any atom is 0.186 e. The van der Waals surface area contributed by atoms with Crippen molar-refractivity contribution in [2.45, 2.75) is 27.2 Å². The Balaban J connectivity index is 0.000000461. The van der Waals surface area contributed by atoms with E-state index in [1.165, 1.54) is 0 Å². The molecule has 0 atom stereocenters. The molecule has 1 aromatic rings. The number of carbonyl (C=O) groups excluding carboxylic acids is 1.